The smallest absolute Gasteiger partial charge is 0.354 e. The van der Waals surface area contributed by atoms with Gasteiger partial charge in [-0.1, -0.05) is 0 Å². The summed E-state index contributed by atoms with van der Waals surface area (Å²) < 4.78 is 21.8. The van der Waals surface area contributed by atoms with E-state index in [9.17, 15) is 18.4 Å². The molecule has 1 aromatic rings. The second-order valence-electron chi connectivity index (χ2n) is 2.40. The van der Waals surface area contributed by atoms with E-state index in [0.717, 1.165) is 12.3 Å². The lowest BCUT2D eigenvalue weighted by atomic mass is 10.2. The zero-order valence-electron chi connectivity index (χ0n) is 7.17. The summed E-state index contributed by atoms with van der Waals surface area (Å²) in [6, 6.07) is 2.27. The number of amides is 1. The normalized spacial score (nSPS) is 11.8. The minimum absolute atomic E-state index is 0.0378. The summed E-state index contributed by atoms with van der Waals surface area (Å²) in [6.07, 6.45) is 0.978. The van der Waals surface area contributed by atoms with Crippen molar-refractivity contribution >= 4 is 23.1 Å². The number of carbonyl (C=O) groups excluding carboxylic acids is 1. The van der Waals surface area contributed by atoms with Gasteiger partial charge in [0, 0.05) is 17.5 Å². The van der Waals surface area contributed by atoms with Crippen molar-refractivity contribution in [3.63, 3.8) is 0 Å². The van der Waals surface area contributed by atoms with Crippen molar-refractivity contribution in [2.75, 3.05) is 0 Å². The number of carboxylic acid groups (broad SMARTS) is 1. The molecule has 0 fully saturated rings. The summed E-state index contributed by atoms with van der Waals surface area (Å²) in [7, 11) is 0. The average molecular weight is 229 g/mol. The highest BCUT2D eigenvalue weighted by Gasteiger charge is 2.08. The molecule has 0 spiro atoms. The Bertz CT molecular complexity index is 416. The van der Waals surface area contributed by atoms with Gasteiger partial charge in [0.2, 0.25) is 0 Å². The van der Waals surface area contributed by atoms with Gasteiger partial charge >= 0.3 is 5.97 Å². The van der Waals surface area contributed by atoms with Gasteiger partial charge in [0.15, 0.2) is 0 Å². The maximum absolute atomic E-state index is 11.0. The SMILES string of the molecule is O=C(NS(=O)[O-])c1ccc(C(=O)O)nc1. The number of nitrogens with zero attached hydrogens (tertiary/aromatic N) is 1. The molecule has 0 aliphatic carbocycles. The standard InChI is InChI=1S/C7H6N2O5S/c10-6(9-15(13)14)4-1-2-5(7(11)12)8-3-4/h1-3H,(H,9,10)(H,11,12)(H,13,14)/p-1. The first-order valence-corrected chi connectivity index (χ1v) is 4.68. The van der Waals surface area contributed by atoms with Crippen LogP contribution in [0.3, 0.4) is 0 Å². The molecule has 1 unspecified atom stereocenters. The number of aromatic nitrogens is 1. The Hall–Kier alpha value is -1.80. The summed E-state index contributed by atoms with van der Waals surface area (Å²) in [6.45, 7) is 0. The van der Waals surface area contributed by atoms with Crippen LogP contribution in [-0.4, -0.2) is 30.7 Å². The van der Waals surface area contributed by atoms with Crippen molar-refractivity contribution in [1.29, 1.82) is 0 Å². The average Bonchev–Trinajstić information content (AvgIpc) is 2.17. The molecule has 15 heavy (non-hydrogen) atoms. The van der Waals surface area contributed by atoms with Crippen molar-refractivity contribution in [3.8, 4) is 0 Å². The minimum atomic E-state index is -2.70. The maximum atomic E-state index is 11.0. The highest BCUT2D eigenvalue weighted by Crippen LogP contribution is 2.00. The summed E-state index contributed by atoms with van der Waals surface area (Å²) in [5, 5.41) is 8.50. The molecular formula is C7H5N2O5S-. The van der Waals surface area contributed by atoms with Crippen LogP contribution in [0.25, 0.3) is 0 Å². The molecule has 80 valence electrons. The number of hydrogen-bond donors (Lipinski definition) is 2. The van der Waals surface area contributed by atoms with Crippen LogP contribution in [0.5, 0.6) is 0 Å². The van der Waals surface area contributed by atoms with Gasteiger partial charge in [-0.3, -0.25) is 13.7 Å². The Labute approximate surface area is 86.6 Å². The topological polar surface area (TPSA) is 119 Å². The molecule has 1 amide bonds. The molecule has 0 aliphatic rings. The van der Waals surface area contributed by atoms with Gasteiger partial charge in [0.1, 0.15) is 5.69 Å². The summed E-state index contributed by atoms with van der Waals surface area (Å²) in [5.74, 6) is -2.10. The van der Waals surface area contributed by atoms with E-state index in [1.807, 2.05) is 0 Å². The number of rotatable bonds is 3. The van der Waals surface area contributed by atoms with Crippen LogP contribution in [0.2, 0.25) is 0 Å². The summed E-state index contributed by atoms with van der Waals surface area (Å²) in [4.78, 5) is 24.9. The highest BCUT2D eigenvalue weighted by atomic mass is 32.2. The largest absolute Gasteiger partial charge is 0.755 e. The van der Waals surface area contributed by atoms with E-state index in [1.165, 1.54) is 6.07 Å². The van der Waals surface area contributed by atoms with E-state index >= 15 is 0 Å². The Morgan fingerprint density at radius 1 is 1.47 bits per heavy atom. The third-order valence-corrected chi connectivity index (χ3v) is 1.77. The molecule has 1 atom stereocenters. The van der Waals surface area contributed by atoms with Crippen LogP contribution in [0.1, 0.15) is 20.8 Å². The Morgan fingerprint density at radius 3 is 2.53 bits per heavy atom. The van der Waals surface area contributed by atoms with Gasteiger partial charge in [-0.05, 0) is 12.1 Å². The van der Waals surface area contributed by atoms with Gasteiger partial charge in [-0.2, -0.15) is 0 Å². The number of nitrogens with one attached hydrogen (secondary N) is 1. The summed E-state index contributed by atoms with van der Waals surface area (Å²) >= 11 is -2.70. The van der Waals surface area contributed by atoms with Gasteiger partial charge in [0.05, 0.1) is 5.56 Å². The quantitative estimate of drug-likeness (QED) is 0.661. The number of carboxylic acids is 1. The van der Waals surface area contributed by atoms with Crippen molar-refractivity contribution in [1.82, 2.24) is 9.71 Å². The van der Waals surface area contributed by atoms with Crippen LogP contribution in [0.4, 0.5) is 0 Å². The van der Waals surface area contributed by atoms with Gasteiger partial charge < -0.3 is 9.66 Å². The molecule has 1 heterocycles. The first kappa shape index (κ1) is 11.3. The molecule has 1 rings (SSSR count). The molecule has 0 bridgehead atoms. The van der Waals surface area contributed by atoms with Crippen molar-refractivity contribution in [2.24, 2.45) is 0 Å². The lowest BCUT2D eigenvalue weighted by molar-refractivity contribution is 0.0689. The Morgan fingerprint density at radius 2 is 2.13 bits per heavy atom. The van der Waals surface area contributed by atoms with Crippen molar-refractivity contribution < 1.29 is 23.5 Å². The van der Waals surface area contributed by atoms with Crippen LogP contribution < -0.4 is 4.72 Å². The van der Waals surface area contributed by atoms with E-state index in [4.69, 9.17) is 5.11 Å². The predicted molar refractivity (Wildman–Crippen MR) is 47.6 cm³/mol. The Balaban J connectivity index is 2.84. The maximum Gasteiger partial charge on any atom is 0.354 e. The van der Waals surface area contributed by atoms with Crippen molar-refractivity contribution in [3.05, 3.63) is 29.6 Å². The fourth-order valence-corrected chi connectivity index (χ4v) is 1.06. The van der Waals surface area contributed by atoms with E-state index < -0.39 is 23.1 Å². The molecule has 0 aromatic carbocycles. The minimum Gasteiger partial charge on any atom is -0.755 e. The molecule has 2 N–H and O–H groups in total. The Kier molecular flexibility index (Phi) is 3.47. The van der Waals surface area contributed by atoms with Crippen LogP contribution in [-0.2, 0) is 11.3 Å². The lowest BCUT2D eigenvalue weighted by Gasteiger charge is -2.06. The molecular weight excluding hydrogens is 224 g/mol. The fourth-order valence-electron chi connectivity index (χ4n) is 0.789. The summed E-state index contributed by atoms with van der Waals surface area (Å²) in [5.41, 5.74) is -0.265. The molecule has 7 nitrogen and oxygen atoms in total. The molecule has 0 aliphatic heterocycles. The fraction of sp³-hybridized carbons (Fsp3) is 0. The monoisotopic (exact) mass is 229 g/mol. The van der Waals surface area contributed by atoms with E-state index in [-0.39, 0.29) is 11.3 Å². The number of carbonyl (C=O) groups is 2. The second kappa shape index (κ2) is 4.62. The zero-order valence-corrected chi connectivity index (χ0v) is 7.98. The first-order chi connectivity index (χ1) is 7.00. The van der Waals surface area contributed by atoms with Gasteiger partial charge in [0.25, 0.3) is 5.91 Å². The molecule has 8 heteroatoms. The van der Waals surface area contributed by atoms with E-state index in [1.54, 1.807) is 4.72 Å². The molecule has 0 saturated heterocycles. The molecule has 1 aromatic heterocycles. The van der Waals surface area contributed by atoms with Crippen LogP contribution in [0.15, 0.2) is 18.3 Å². The van der Waals surface area contributed by atoms with Gasteiger partial charge in [-0.15, -0.1) is 0 Å². The number of hydrogen-bond acceptors (Lipinski definition) is 5. The van der Waals surface area contributed by atoms with E-state index in [2.05, 4.69) is 4.98 Å². The first-order valence-electron chi connectivity index (χ1n) is 3.60. The third kappa shape index (κ3) is 3.11. The van der Waals surface area contributed by atoms with Crippen molar-refractivity contribution in [2.45, 2.75) is 0 Å². The zero-order chi connectivity index (χ0) is 11.4. The molecule has 0 radical (unpaired) electrons. The van der Waals surface area contributed by atoms with Crippen LogP contribution in [0, 0.1) is 0 Å². The predicted octanol–water partition coefficient (Wildman–Crippen LogP) is -0.696. The van der Waals surface area contributed by atoms with Crippen LogP contribution >= 0.6 is 0 Å². The number of pyridine rings is 1. The number of aromatic carboxylic acids is 1. The lowest BCUT2D eigenvalue weighted by Crippen LogP contribution is -2.25. The highest BCUT2D eigenvalue weighted by molar-refractivity contribution is 7.77. The third-order valence-electron chi connectivity index (χ3n) is 1.42. The van der Waals surface area contributed by atoms with Gasteiger partial charge in [-0.25, -0.2) is 9.78 Å². The van der Waals surface area contributed by atoms with E-state index in [0.29, 0.717) is 0 Å². The second-order valence-corrected chi connectivity index (χ2v) is 3.08. The molecule has 0 saturated carbocycles.